The molecule has 0 aromatic heterocycles. The van der Waals surface area contributed by atoms with Crippen LogP contribution in [0, 0.1) is 0 Å². The Balaban J connectivity index is 1.70. The number of rotatable bonds is 5. The molecule has 0 aliphatic heterocycles. The largest absolute Gasteiger partial charge is 0.496 e. The highest BCUT2D eigenvalue weighted by atomic mass is 35.5. The summed E-state index contributed by atoms with van der Waals surface area (Å²) in [5.74, 6) is 1.46. The number of hydrogen-bond acceptors (Lipinski definition) is 3. The number of amides is 1. The number of benzene rings is 3. The molecular formula is C20H15Cl2NO3. The van der Waals surface area contributed by atoms with Crippen LogP contribution in [0.5, 0.6) is 17.2 Å². The highest BCUT2D eigenvalue weighted by Crippen LogP contribution is 2.26. The van der Waals surface area contributed by atoms with E-state index in [1.54, 1.807) is 66.7 Å². The minimum absolute atomic E-state index is 0.310. The molecule has 3 rings (SSSR count). The summed E-state index contributed by atoms with van der Waals surface area (Å²) < 4.78 is 10.9. The third kappa shape index (κ3) is 4.48. The second-order valence-electron chi connectivity index (χ2n) is 5.38. The molecule has 1 N–H and O–H groups in total. The Kier molecular flexibility index (Phi) is 5.66. The van der Waals surface area contributed by atoms with Gasteiger partial charge in [0.1, 0.15) is 17.2 Å². The molecular weight excluding hydrogens is 373 g/mol. The number of nitrogens with one attached hydrogen (secondary N) is 1. The van der Waals surface area contributed by atoms with Crippen LogP contribution in [0.25, 0.3) is 0 Å². The maximum Gasteiger partial charge on any atom is 0.259 e. The number of methoxy groups -OCH3 is 1. The summed E-state index contributed by atoms with van der Waals surface area (Å²) in [6.07, 6.45) is 0. The Labute approximate surface area is 161 Å². The molecule has 6 heteroatoms. The Hall–Kier alpha value is -2.69. The first-order valence-electron chi connectivity index (χ1n) is 7.73. The van der Waals surface area contributed by atoms with E-state index in [1.165, 1.54) is 7.11 Å². The highest BCUT2D eigenvalue weighted by molar-refractivity contribution is 6.31. The quantitative estimate of drug-likeness (QED) is 0.579. The molecule has 4 nitrogen and oxygen atoms in total. The Morgan fingerprint density at radius 2 is 1.42 bits per heavy atom. The number of anilines is 1. The summed E-state index contributed by atoms with van der Waals surface area (Å²) in [5.41, 5.74) is 0.988. The summed E-state index contributed by atoms with van der Waals surface area (Å²) >= 11 is 11.8. The van der Waals surface area contributed by atoms with E-state index in [0.717, 1.165) is 0 Å². The first kappa shape index (κ1) is 18.1. The van der Waals surface area contributed by atoms with Crippen molar-refractivity contribution in [3.63, 3.8) is 0 Å². The SMILES string of the molecule is COc1ccc(Cl)cc1C(=O)Nc1ccc(Oc2ccc(Cl)cc2)cc1. The normalized spacial score (nSPS) is 10.3. The van der Waals surface area contributed by atoms with Crippen molar-refractivity contribution < 1.29 is 14.3 Å². The number of carbonyl (C=O) groups is 1. The summed E-state index contributed by atoms with van der Waals surface area (Å²) in [6, 6.07) is 19.0. The van der Waals surface area contributed by atoms with Gasteiger partial charge in [-0.15, -0.1) is 0 Å². The zero-order chi connectivity index (χ0) is 18.5. The van der Waals surface area contributed by atoms with Crippen LogP contribution in [0.2, 0.25) is 10.0 Å². The van der Waals surface area contributed by atoms with Gasteiger partial charge in [0.05, 0.1) is 12.7 Å². The van der Waals surface area contributed by atoms with Gasteiger partial charge in [-0.25, -0.2) is 0 Å². The first-order valence-corrected chi connectivity index (χ1v) is 8.49. The van der Waals surface area contributed by atoms with Crippen LogP contribution in [0.3, 0.4) is 0 Å². The predicted molar refractivity (Wildman–Crippen MR) is 104 cm³/mol. The zero-order valence-corrected chi connectivity index (χ0v) is 15.3. The molecule has 3 aromatic carbocycles. The van der Waals surface area contributed by atoms with E-state index in [9.17, 15) is 4.79 Å². The standard InChI is InChI=1S/C20H15Cl2NO3/c1-25-19-11-4-14(22)12-18(19)20(24)23-15-5-9-17(10-6-15)26-16-7-2-13(21)3-8-16/h2-12H,1H3,(H,23,24). The lowest BCUT2D eigenvalue weighted by Crippen LogP contribution is -2.13. The zero-order valence-electron chi connectivity index (χ0n) is 13.8. The third-order valence-electron chi connectivity index (χ3n) is 3.57. The summed E-state index contributed by atoms with van der Waals surface area (Å²) in [6.45, 7) is 0. The van der Waals surface area contributed by atoms with Crippen LogP contribution in [-0.4, -0.2) is 13.0 Å². The van der Waals surface area contributed by atoms with E-state index >= 15 is 0 Å². The Morgan fingerprint density at radius 1 is 0.846 bits per heavy atom. The van der Waals surface area contributed by atoms with Crippen molar-refractivity contribution in [2.45, 2.75) is 0 Å². The summed E-state index contributed by atoms with van der Waals surface area (Å²) in [4.78, 5) is 12.5. The fourth-order valence-corrected chi connectivity index (χ4v) is 2.60. The van der Waals surface area contributed by atoms with Gasteiger partial charge in [0.15, 0.2) is 0 Å². The van der Waals surface area contributed by atoms with Gasteiger partial charge in [-0.05, 0) is 66.7 Å². The second-order valence-corrected chi connectivity index (χ2v) is 6.25. The topological polar surface area (TPSA) is 47.6 Å². The van der Waals surface area contributed by atoms with E-state index in [-0.39, 0.29) is 5.91 Å². The number of carbonyl (C=O) groups excluding carboxylic acids is 1. The van der Waals surface area contributed by atoms with Crippen LogP contribution in [0.15, 0.2) is 66.7 Å². The van der Waals surface area contributed by atoms with E-state index in [0.29, 0.717) is 38.5 Å². The van der Waals surface area contributed by atoms with Gasteiger partial charge in [-0.2, -0.15) is 0 Å². The first-order chi connectivity index (χ1) is 12.5. The molecule has 0 atom stereocenters. The second kappa shape index (κ2) is 8.13. The van der Waals surface area contributed by atoms with Crippen molar-refractivity contribution in [2.75, 3.05) is 12.4 Å². The predicted octanol–water partition coefficient (Wildman–Crippen LogP) is 6.05. The Morgan fingerprint density at radius 3 is 2.04 bits per heavy atom. The van der Waals surface area contributed by atoms with Crippen LogP contribution in [0.4, 0.5) is 5.69 Å². The molecule has 0 saturated heterocycles. The minimum atomic E-state index is -0.310. The Bertz CT molecular complexity index is 909. The van der Waals surface area contributed by atoms with Crippen molar-refractivity contribution in [1.82, 2.24) is 0 Å². The molecule has 0 fully saturated rings. The highest BCUT2D eigenvalue weighted by Gasteiger charge is 2.13. The molecule has 0 spiro atoms. The van der Waals surface area contributed by atoms with Gasteiger partial charge >= 0.3 is 0 Å². The van der Waals surface area contributed by atoms with Gasteiger partial charge in [0.25, 0.3) is 5.91 Å². The molecule has 3 aromatic rings. The van der Waals surface area contributed by atoms with Crippen LogP contribution >= 0.6 is 23.2 Å². The maximum absolute atomic E-state index is 12.5. The lowest BCUT2D eigenvalue weighted by molar-refractivity contribution is 0.102. The molecule has 0 bridgehead atoms. The smallest absolute Gasteiger partial charge is 0.259 e. The molecule has 0 unspecified atom stereocenters. The van der Waals surface area contributed by atoms with Crippen molar-refractivity contribution in [3.8, 4) is 17.2 Å². The number of halogens is 2. The molecule has 0 heterocycles. The van der Waals surface area contributed by atoms with E-state index in [1.807, 2.05) is 0 Å². The van der Waals surface area contributed by atoms with Crippen molar-refractivity contribution >= 4 is 34.8 Å². The average molecular weight is 388 g/mol. The molecule has 0 radical (unpaired) electrons. The van der Waals surface area contributed by atoms with Gasteiger partial charge < -0.3 is 14.8 Å². The van der Waals surface area contributed by atoms with Gasteiger partial charge in [-0.3, -0.25) is 4.79 Å². The number of ether oxygens (including phenoxy) is 2. The van der Waals surface area contributed by atoms with Crippen LogP contribution < -0.4 is 14.8 Å². The van der Waals surface area contributed by atoms with Crippen molar-refractivity contribution in [3.05, 3.63) is 82.3 Å². The molecule has 0 saturated carbocycles. The van der Waals surface area contributed by atoms with Crippen LogP contribution in [-0.2, 0) is 0 Å². The summed E-state index contributed by atoms with van der Waals surface area (Å²) in [7, 11) is 1.50. The molecule has 0 aliphatic rings. The molecule has 1 amide bonds. The van der Waals surface area contributed by atoms with Crippen LogP contribution in [0.1, 0.15) is 10.4 Å². The third-order valence-corrected chi connectivity index (χ3v) is 4.05. The van der Waals surface area contributed by atoms with E-state index < -0.39 is 0 Å². The van der Waals surface area contributed by atoms with E-state index in [4.69, 9.17) is 32.7 Å². The van der Waals surface area contributed by atoms with Gasteiger partial charge in [0.2, 0.25) is 0 Å². The molecule has 26 heavy (non-hydrogen) atoms. The maximum atomic E-state index is 12.5. The summed E-state index contributed by atoms with van der Waals surface area (Å²) in [5, 5.41) is 3.91. The van der Waals surface area contributed by atoms with E-state index in [2.05, 4.69) is 5.32 Å². The molecule has 132 valence electrons. The number of hydrogen-bond donors (Lipinski definition) is 1. The fraction of sp³-hybridized carbons (Fsp3) is 0.0500. The fourth-order valence-electron chi connectivity index (χ4n) is 2.30. The van der Waals surface area contributed by atoms with Gasteiger partial charge in [-0.1, -0.05) is 23.2 Å². The van der Waals surface area contributed by atoms with Crippen molar-refractivity contribution in [2.24, 2.45) is 0 Å². The monoisotopic (exact) mass is 387 g/mol. The minimum Gasteiger partial charge on any atom is -0.496 e. The van der Waals surface area contributed by atoms with Crippen molar-refractivity contribution in [1.29, 1.82) is 0 Å². The van der Waals surface area contributed by atoms with Gasteiger partial charge in [0, 0.05) is 15.7 Å². The lowest BCUT2D eigenvalue weighted by Gasteiger charge is -2.11. The molecule has 0 aliphatic carbocycles. The lowest BCUT2D eigenvalue weighted by atomic mass is 10.2. The average Bonchev–Trinajstić information content (AvgIpc) is 2.65.